The predicted molar refractivity (Wildman–Crippen MR) is 191 cm³/mol. The van der Waals surface area contributed by atoms with Crippen LogP contribution in [0.5, 0.6) is 5.75 Å². The van der Waals surface area contributed by atoms with E-state index in [0.29, 0.717) is 34.1 Å². The fourth-order valence-electron chi connectivity index (χ4n) is 4.60. The van der Waals surface area contributed by atoms with E-state index >= 15 is 0 Å². The van der Waals surface area contributed by atoms with Gasteiger partial charge in [0, 0.05) is 47.4 Å². The molecule has 0 aliphatic carbocycles. The smallest absolute Gasteiger partial charge is 0.319 e. The van der Waals surface area contributed by atoms with Crippen molar-refractivity contribution in [2.24, 2.45) is 0 Å². The Labute approximate surface area is 292 Å². The Morgan fingerprint density at radius 1 is 0.714 bits per heavy atom. The zero-order valence-electron chi connectivity index (χ0n) is 27.2. The van der Waals surface area contributed by atoms with E-state index in [2.05, 4.69) is 26.6 Å². The summed E-state index contributed by atoms with van der Waals surface area (Å²) in [6, 6.07) is 28.7. The number of benzene rings is 4. The normalized spacial score (nSPS) is 10.4. The molecule has 254 valence electrons. The van der Waals surface area contributed by atoms with Crippen molar-refractivity contribution in [2.45, 2.75) is 6.42 Å². The van der Waals surface area contributed by atoms with Crippen LogP contribution in [0.4, 0.5) is 27.5 Å². The van der Waals surface area contributed by atoms with E-state index in [-0.39, 0.29) is 31.4 Å². The number of carbonyl (C=O) groups is 5. The van der Waals surface area contributed by atoms with Gasteiger partial charge in [-0.2, -0.15) is 0 Å². The van der Waals surface area contributed by atoms with Crippen molar-refractivity contribution in [3.05, 3.63) is 113 Å². The quantitative estimate of drug-likeness (QED) is 0.184. The maximum Gasteiger partial charge on any atom is 0.319 e. The van der Waals surface area contributed by atoms with Gasteiger partial charge in [-0.1, -0.05) is 58.4 Å². The van der Waals surface area contributed by atoms with Gasteiger partial charge in [-0.05, 0) is 60.2 Å². The third-order valence-corrected chi connectivity index (χ3v) is 7.83. The number of nitrogens with one attached hydrogen (secondary N) is 2. The lowest BCUT2D eigenvalue weighted by Crippen LogP contribution is -2.46. The Hall–Kier alpha value is -5.69. The molecule has 4 aromatic rings. The molecular weight excluding hydrogens is 694 g/mol. The number of carbonyl (C=O) groups excluding carboxylic acids is 5. The van der Waals surface area contributed by atoms with Crippen molar-refractivity contribution in [1.82, 2.24) is 5.32 Å². The van der Waals surface area contributed by atoms with Gasteiger partial charge < -0.3 is 34.8 Å². The van der Waals surface area contributed by atoms with E-state index < -0.39 is 24.5 Å². The van der Waals surface area contributed by atoms with Crippen LogP contribution in [0.2, 0.25) is 0 Å². The minimum Gasteiger partial charge on any atom is -0.484 e. The van der Waals surface area contributed by atoms with Crippen LogP contribution in [0.3, 0.4) is 0 Å². The van der Waals surface area contributed by atoms with E-state index in [1.807, 2.05) is 24.3 Å². The first-order valence-corrected chi connectivity index (χ1v) is 15.9. The molecule has 0 unspecified atom stereocenters. The molecule has 4 aromatic carbocycles. The zero-order chi connectivity index (χ0) is 35.3. The summed E-state index contributed by atoms with van der Waals surface area (Å²) in [5.74, 6) is -1.39. The maximum atomic E-state index is 13.6. The number of nitrogens with zero attached hydrogens (tertiary/aromatic N) is 3. The van der Waals surface area contributed by atoms with Crippen LogP contribution in [0, 0.1) is 0 Å². The van der Waals surface area contributed by atoms with Crippen molar-refractivity contribution in [2.75, 3.05) is 60.9 Å². The minimum absolute atomic E-state index is 0.0329. The Morgan fingerprint density at radius 2 is 1.39 bits per heavy atom. The Balaban J connectivity index is 1.46. The van der Waals surface area contributed by atoms with Gasteiger partial charge in [-0.3, -0.25) is 19.2 Å². The monoisotopic (exact) mass is 729 g/mol. The number of para-hydroxylation sites is 1. The molecule has 0 spiro atoms. The van der Waals surface area contributed by atoms with Crippen LogP contribution < -0.4 is 30.1 Å². The van der Waals surface area contributed by atoms with Crippen LogP contribution in [0.15, 0.2) is 108 Å². The van der Waals surface area contributed by atoms with Gasteiger partial charge in [0.2, 0.25) is 11.8 Å². The molecule has 0 heterocycles. The van der Waals surface area contributed by atoms with Crippen molar-refractivity contribution < 1.29 is 33.4 Å². The number of hydrogen-bond acceptors (Lipinski definition) is 7. The fraction of sp³-hybridized carbons (Fsp3) is 0.194. The number of ether oxygens (including phenoxy) is 2. The van der Waals surface area contributed by atoms with Gasteiger partial charge in [0.15, 0.2) is 6.61 Å². The van der Waals surface area contributed by atoms with Crippen molar-refractivity contribution >= 4 is 68.4 Å². The van der Waals surface area contributed by atoms with Gasteiger partial charge in [-0.25, -0.2) is 4.79 Å². The summed E-state index contributed by atoms with van der Waals surface area (Å²) in [5.41, 5.74) is 2.68. The SMILES string of the molecule is COC(=O)Cc1cccc(NC(=O)NCC(=O)N(CC(=O)N(C)c2ccccc2)c2cccc(OCC(=O)N(C)c3cccc(Br)c3)c2)c1. The summed E-state index contributed by atoms with van der Waals surface area (Å²) in [6.07, 6.45) is 0.0329. The Morgan fingerprint density at radius 3 is 2.12 bits per heavy atom. The number of likely N-dealkylation sites (N-methyl/N-ethyl adjacent to an activating group) is 2. The second-order valence-electron chi connectivity index (χ2n) is 10.7. The molecule has 0 aliphatic rings. The lowest BCUT2D eigenvalue weighted by molar-refractivity contribution is -0.139. The molecule has 0 saturated carbocycles. The lowest BCUT2D eigenvalue weighted by Gasteiger charge is -2.26. The predicted octanol–water partition coefficient (Wildman–Crippen LogP) is 5.02. The first-order chi connectivity index (χ1) is 23.5. The number of halogens is 1. The number of amides is 5. The molecule has 4 rings (SSSR count). The van der Waals surface area contributed by atoms with E-state index in [4.69, 9.17) is 9.47 Å². The number of methoxy groups -OCH3 is 1. The second-order valence-corrected chi connectivity index (χ2v) is 11.7. The summed E-state index contributed by atoms with van der Waals surface area (Å²) >= 11 is 3.40. The Bertz CT molecular complexity index is 1800. The molecule has 49 heavy (non-hydrogen) atoms. The van der Waals surface area contributed by atoms with Gasteiger partial charge in [0.1, 0.15) is 12.3 Å². The highest BCUT2D eigenvalue weighted by Gasteiger charge is 2.23. The molecular formula is C36H36BrN5O7. The standard InChI is InChI=1S/C36H36BrN5O7/c1-40(28-13-5-4-6-14-28)33(44)23-42(32(43)22-38-36(47)39-27-12-7-10-25(18-27)19-35(46)48-3)30-16-9-17-31(21-30)49-24-34(45)41(2)29-15-8-11-26(37)20-29/h4-18,20-21H,19,22-24H2,1-3H3,(H2,38,39,47). The van der Waals surface area contributed by atoms with Gasteiger partial charge in [0.25, 0.3) is 5.91 Å². The number of hydrogen-bond donors (Lipinski definition) is 2. The summed E-state index contributed by atoms with van der Waals surface area (Å²) in [6.45, 7) is -1.08. The van der Waals surface area contributed by atoms with Gasteiger partial charge >= 0.3 is 12.0 Å². The molecule has 0 saturated heterocycles. The van der Waals surface area contributed by atoms with Gasteiger partial charge in [0.05, 0.1) is 20.1 Å². The molecule has 0 bridgehead atoms. The third kappa shape index (κ3) is 10.7. The summed E-state index contributed by atoms with van der Waals surface area (Å²) in [4.78, 5) is 68.4. The number of rotatable bonds is 13. The molecule has 2 N–H and O–H groups in total. The largest absolute Gasteiger partial charge is 0.484 e. The molecule has 12 nitrogen and oxygen atoms in total. The van der Waals surface area contributed by atoms with Crippen molar-refractivity contribution in [3.63, 3.8) is 0 Å². The first-order valence-electron chi connectivity index (χ1n) is 15.1. The number of esters is 1. The highest BCUT2D eigenvalue weighted by atomic mass is 79.9. The molecule has 0 aromatic heterocycles. The Kier molecular flexibility index (Phi) is 12.9. The van der Waals surface area contributed by atoms with Crippen LogP contribution in [-0.4, -0.2) is 70.6 Å². The summed E-state index contributed by atoms with van der Waals surface area (Å²) in [5, 5.41) is 5.17. The van der Waals surface area contributed by atoms with Crippen LogP contribution in [-0.2, 0) is 30.3 Å². The molecule has 0 fully saturated rings. The van der Waals surface area contributed by atoms with Crippen molar-refractivity contribution in [3.8, 4) is 5.75 Å². The number of urea groups is 1. The lowest BCUT2D eigenvalue weighted by atomic mass is 10.1. The molecule has 0 atom stereocenters. The molecule has 0 aliphatic heterocycles. The minimum atomic E-state index is -0.665. The van der Waals surface area contributed by atoms with Crippen LogP contribution in [0.1, 0.15) is 5.56 Å². The molecule has 0 radical (unpaired) electrons. The summed E-state index contributed by atoms with van der Waals surface area (Å²) < 4.78 is 11.3. The van der Waals surface area contributed by atoms with Crippen LogP contribution >= 0.6 is 15.9 Å². The fourth-order valence-corrected chi connectivity index (χ4v) is 4.98. The molecule has 13 heteroatoms. The average molecular weight is 731 g/mol. The molecule has 5 amide bonds. The van der Waals surface area contributed by atoms with E-state index in [9.17, 15) is 24.0 Å². The zero-order valence-corrected chi connectivity index (χ0v) is 28.8. The third-order valence-electron chi connectivity index (χ3n) is 7.33. The number of anilines is 4. The van der Waals surface area contributed by atoms with Gasteiger partial charge in [-0.15, -0.1) is 0 Å². The highest BCUT2D eigenvalue weighted by molar-refractivity contribution is 9.10. The second kappa shape index (κ2) is 17.5. The van der Waals surface area contributed by atoms with Crippen LogP contribution in [0.25, 0.3) is 0 Å². The van der Waals surface area contributed by atoms with E-state index in [1.54, 1.807) is 93.0 Å². The topological polar surface area (TPSA) is 138 Å². The van der Waals surface area contributed by atoms with E-state index in [0.717, 1.165) is 4.47 Å². The highest BCUT2D eigenvalue weighted by Crippen LogP contribution is 2.24. The summed E-state index contributed by atoms with van der Waals surface area (Å²) in [7, 11) is 4.54. The van der Waals surface area contributed by atoms with E-state index in [1.165, 1.54) is 21.8 Å². The van der Waals surface area contributed by atoms with Crippen molar-refractivity contribution in [1.29, 1.82) is 0 Å². The maximum absolute atomic E-state index is 13.6. The first kappa shape index (κ1) is 36.2. The average Bonchev–Trinajstić information content (AvgIpc) is 3.11.